The predicted octanol–water partition coefficient (Wildman–Crippen LogP) is 5.27. The van der Waals surface area contributed by atoms with Gasteiger partial charge in [-0.1, -0.05) is 30.3 Å². The van der Waals surface area contributed by atoms with Crippen LogP contribution in [0.2, 0.25) is 5.02 Å². The standard InChI is InChI=1S/C33H36ClFN8O2/c1-4-28(44)41-13-15-42(16-14-41)31-23-8-6-11-43(20(2)29-24-18-36-39-26(24)17-25(35)30(29)34)32(23)38-33(37-31)45-27-9-5-7-21-19-40(3)12-10-22(21)27/h4-5,7,9,17-18,20H,1,6,8,10-16,19H2,2-3H3,(H,36,39). The molecule has 0 spiro atoms. The molecule has 1 amide bonds. The van der Waals surface area contributed by atoms with Crippen LogP contribution in [0.3, 0.4) is 0 Å². The van der Waals surface area contributed by atoms with Gasteiger partial charge in [-0.2, -0.15) is 15.1 Å². The minimum atomic E-state index is -0.494. The van der Waals surface area contributed by atoms with Crippen molar-refractivity contribution in [3.8, 4) is 11.8 Å². The van der Waals surface area contributed by atoms with Gasteiger partial charge in [0.15, 0.2) is 0 Å². The van der Waals surface area contributed by atoms with Gasteiger partial charge in [0.05, 0.1) is 22.8 Å². The number of amides is 1. The summed E-state index contributed by atoms with van der Waals surface area (Å²) >= 11 is 6.64. The lowest BCUT2D eigenvalue weighted by Gasteiger charge is -2.40. The fraction of sp³-hybridized carbons (Fsp3) is 0.394. The molecule has 45 heavy (non-hydrogen) atoms. The van der Waals surface area contributed by atoms with Gasteiger partial charge in [0.2, 0.25) is 5.91 Å². The summed E-state index contributed by atoms with van der Waals surface area (Å²) < 4.78 is 21.6. The van der Waals surface area contributed by atoms with E-state index in [-0.39, 0.29) is 23.0 Å². The number of piperazine rings is 1. The number of H-pyrrole nitrogens is 1. The number of halogens is 2. The van der Waals surface area contributed by atoms with Crippen molar-refractivity contribution in [1.29, 1.82) is 0 Å². The van der Waals surface area contributed by atoms with Crippen LogP contribution in [0.5, 0.6) is 11.8 Å². The smallest absolute Gasteiger partial charge is 0.325 e. The summed E-state index contributed by atoms with van der Waals surface area (Å²) in [6.07, 6.45) is 5.58. The van der Waals surface area contributed by atoms with Gasteiger partial charge in [0, 0.05) is 74.0 Å². The Morgan fingerprint density at radius 3 is 2.71 bits per heavy atom. The summed E-state index contributed by atoms with van der Waals surface area (Å²) in [5, 5.41) is 7.89. The van der Waals surface area contributed by atoms with E-state index in [1.54, 1.807) is 11.1 Å². The first kappa shape index (κ1) is 29.5. The molecule has 0 saturated carbocycles. The van der Waals surface area contributed by atoms with E-state index in [2.05, 4.69) is 44.6 Å². The number of anilines is 2. The highest BCUT2D eigenvalue weighted by Gasteiger charge is 2.33. The van der Waals surface area contributed by atoms with Gasteiger partial charge in [-0.05, 0) is 50.9 Å². The van der Waals surface area contributed by atoms with Crippen LogP contribution in [0.15, 0.2) is 43.1 Å². The highest BCUT2D eigenvalue weighted by atomic mass is 35.5. The lowest BCUT2D eigenvalue weighted by molar-refractivity contribution is -0.126. The van der Waals surface area contributed by atoms with Gasteiger partial charge in [0.25, 0.3) is 0 Å². The van der Waals surface area contributed by atoms with E-state index in [9.17, 15) is 4.79 Å². The van der Waals surface area contributed by atoms with E-state index in [0.29, 0.717) is 43.8 Å². The molecule has 12 heteroatoms. The fourth-order valence-corrected chi connectivity index (χ4v) is 7.23. The number of aromatic amines is 1. The highest BCUT2D eigenvalue weighted by Crippen LogP contribution is 2.43. The van der Waals surface area contributed by atoms with E-state index in [0.717, 1.165) is 60.7 Å². The van der Waals surface area contributed by atoms with Gasteiger partial charge >= 0.3 is 6.01 Å². The number of nitrogens with one attached hydrogen (secondary N) is 1. The summed E-state index contributed by atoms with van der Waals surface area (Å²) in [5.41, 5.74) is 4.68. The van der Waals surface area contributed by atoms with Crippen molar-refractivity contribution in [2.24, 2.45) is 0 Å². The SMILES string of the molecule is C=CC(=O)N1CCN(c2nc(Oc3cccc4c3CCN(C)C4)nc3c2CCCN3C(C)c2c(Cl)c(F)cc3[nH]ncc23)CC1. The van der Waals surface area contributed by atoms with Crippen molar-refractivity contribution >= 4 is 40.0 Å². The number of benzene rings is 2. The Morgan fingerprint density at radius 1 is 1.11 bits per heavy atom. The zero-order valence-electron chi connectivity index (χ0n) is 25.5. The van der Waals surface area contributed by atoms with Crippen LogP contribution in [0, 0.1) is 5.82 Å². The van der Waals surface area contributed by atoms with Crippen LogP contribution in [0.1, 0.15) is 41.6 Å². The molecule has 234 valence electrons. The maximum absolute atomic E-state index is 15.0. The molecule has 4 aromatic rings. The predicted molar refractivity (Wildman–Crippen MR) is 173 cm³/mol. The van der Waals surface area contributed by atoms with Gasteiger partial charge in [-0.15, -0.1) is 0 Å². The molecule has 1 unspecified atom stereocenters. The second-order valence-corrected chi connectivity index (χ2v) is 12.4. The first-order valence-electron chi connectivity index (χ1n) is 15.4. The van der Waals surface area contributed by atoms with Crippen LogP contribution in [0.25, 0.3) is 10.9 Å². The van der Waals surface area contributed by atoms with Crippen molar-refractivity contribution in [1.82, 2.24) is 30.0 Å². The molecule has 3 aliphatic rings. The second kappa shape index (κ2) is 11.9. The van der Waals surface area contributed by atoms with Crippen LogP contribution >= 0.6 is 11.6 Å². The maximum Gasteiger partial charge on any atom is 0.325 e. The quantitative estimate of drug-likeness (QED) is 0.288. The number of carbonyl (C=O) groups is 1. The molecule has 5 heterocycles. The Kier molecular flexibility index (Phi) is 7.83. The normalized spacial score (nSPS) is 17.6. The van der Waals surface area contributed by atoms with Crippen molar-refractivity contribution in [3.05, 3.63) is 76.2 Å². The molecule has 7 rings (SSSR count). The Labute approximate surface area is 266 Å². The van der Waals surface area contributed by atoms with Crippen LogP contribution in [-0.2, 0) is 24.2 Å². The molecule has 0 radical (unpaired) electrons. The summed E-state index contributed by atoms with van der Waals surface area (Å²) in [5.74, 6) is 1.75. The van der Waals surface area contributed by atoms with E-state index >= 15 is 4.39 Å². The monoisotopic (exact) mass is 630 g/mol. The zero-order valence-corrected chi connectivity index (χ0v) is 26.3. The number of hydrogen-bond donors (Lipinski definition) is 1. The number of ether oxygens (including phenoxy) is 1. The van der Waals surface area contributed by atoms with Gasteiger partial charge in [-0.3, -0.25) is 9.89 Å². The number of nitrogens with zero attached hydrogens (tertiary/aromatic N) is 7. The molecular weight excluding hydrogens is 595 g/mol. The molecule has 1 fully saturated rings. The largest absolute Gasteiger partial charge is 0.424 e. The zero-order chi connectivity index (χ0) is 31.2. The first-order chi connectivity index (χ1) is 21.8. The van der Waals surface area contributed by atoms with E-state index < -0.39 is 5.82 Å². The van der Waals surface area contributed by atoms with E-state index in [1.807, 2.05) is 19.1 Å². The lowest BCUT2D eigenvalue weighted by atomic mass is 9.98. The molecule has 3 aliphatic heterocycles. The average molecular weight is 631 g/mol. The third kappa shape index (κ3) is 5.37. The minimum Gasteiger partial charge on any atom is -0.424 e. The number of rotatable bonds is 6. The van der Waals surface area contributed by atoms with Crippen molar-refractivity contribution in [2.75, 3.05) is 56.1 Å². The molecule has 10 nitrogen and oxygen atoms in total. The summed E-state index contributed by atoms with van der Waals surface area (Å²) in [6.45, 7) is 10.5. The summed E-state index contributed by atoms with van der Waals surface area (Å²) in [6, 6.07) is 7.47. The molecule has 0 bridgehead atoms. The van der Waals surface area contributed by atoms with Gasteiger partial charge in [0.1, 0.15) is 23.2 Å². The summed E-state index contributed by atoms with van der Waals surface area (Å²) in [4.78, 5) is 30.9. The average Bonchev–Trinajstić information content (AvgIpc) is 3.51. The molecule has 1 N–H and O–H groups in total. The van der Waals surface area contributed by atoms with E-state index in [1.165, 1.54) is 23.3 Å². The van der Waals surface area contributed by atoms with Crippen LogP contribution in [-0.4, -0.2) is 82.2 Å². The fourth-order valence-electron chi connectivity index (χ4n) is 6.92. The van der Waals surface area contributed by atoms with Crippen molar-refractivity contribution in [2.45, 2.75) is 38.8 Å². The van der Waals surface area contributed by atoms with Gasteiger partial charge < -0.3 is 24.3 Å². The van der Waals surface area contributed by atoms with E-state index in [4.69, 9.17) is 26.3 Å². The lowest BCUT2D eigenvalue weighted by Crippen LogP contribution is -2.49. The number of carbonyl (C=O) groups excluding carboxylic acids is 1. The number of likely N-dealkylation sites (N-methyl/N-ethyl adjacent to an activating group) is 1. The van der Waals surface area contributed by atoms with Crippen LogP contribution in [0.4, 0.5) is 16.0 Å². The molecule has 1 atom stereocenters. The van der Waals surface area contributed by atoms with Crippen molar-refractivity contribution < 1.29 is 13.9 Å². The Hall–Kier alpha value is -4.22. The third-order valence-corrected chi connectivity index (χ3v) is 9.67. The number of fused-ring (bicyclic) bond motifs is 3. The van der Waals surface area contributed by atoms with Crippen LogP contribution < -0.4 is 14.5 Å². The third-order valence-electron chi connectivity index (χ3n) is 9.28. The Bertz CT molecular complexity index is 1790. The number of hydrogen-bond acceptors (Lipinski definition) is 8. The minimum absolute atomic E-state index is 0.0691. The summed E-state index contributed by atoms with van der Waals surface area (Å²) in [7, 11) is 2.12. The first-order valence-corrected chi connectivity index (χ1v) is 15.8. The van der Waals surface area contributed by atoms with Gasteiger partial charge in [-0.25, -0.2) is 4.39 Å². The topological polar surface area (TPSA) is 93.7 Å². The number of aromatic nitrogens is 4. The highest BCUT2D eigenvalue weighted by molar-refractivity contribution is 6.32. The molecule has 2 aromatic carbocycles. The second-order valence-electron chi connectivity index (χ2n) is 12.0. The Morgan fingerprint density at radius 2 is 1.91 bits per heavy atom. The van der Waals surface area contributed by atoms with Crippen molar-refractivity contribution in [3.63, 3.8) is 0 Å². The maximum atomic E-state index is 15.0. The molecule has 2 aromatic heterocycles. The molecule has 0 aliphatic carbocycles. The molecular formula is C33H36ClFN8O2. The molecule has 1 saturated heterocycles. The Balaban J connectivity index is 1.31.